The van der Waals surface area contributed by atoms with Crippen molar-refractivity contribution in [1.82, 2.24) is 5.43 Å². The first-order valence-corrected chi connectivity index (χ1v) is 5.85. The molecule has 1 aromatic rings. The van der Waals surface area contributed by atoms with E-state index in [4.69, 9.17) is 0 Å². The van der Waals surface area contributed by atoms with Crippen molar-refractivity contribution in [2.45, 2.75) is 39.1 Å². The Balaban J connectivity index is 2.37. The minimum atomic E-state index is -4.76. The minimum absolute atomic E-state index is 0.231. The van der Waals surface area contributed by atoms with Crippen molar-refractivity contribution in [2.24, 2.45) is 5.10 Å². The van der Waals surface area contributed by atoms with Crippen molar-refractivity contribution in [1.29, 1.82) is 0 Å². The van der Waals surface area contributed by atoms with Crippen LogP contribution >= 0.6 is 0 Å². The number of hydrogen-bond donors (Lipinski definition) is 2. The molecule has 0 aliphatic carbocycles. The van der Waals surface area contributed by atoms with Gasteiger partial charge < -0.3 is 5.11 Å². The summed E-state index contributed by atoms with van der Waals surface area (Å²) in [7, 11) is 0. The fourth-order valence-electron chi connectivity index (χ4n) is 2.42. The quantitative estimate of drug-likeness (QED) is 0.825. The van der Waals surface area contributed by atoms with Gasteiger partial charge in [0.25, 0.3) is 5.72 Å². The summed E-state index contributed by atoms with van der Waals surface area (Å²) < 4.78 is 38.1. The highest BCUT2D eigenvalue weighted by Gasteiger charge is 2.57. The summed E-state index contributed by atoms with van der Waals surface area (Å²) in [5.41, 5.74) is 2.48. The molecular formula is C13H15F3N2O. The highest BCUT2D eigenvalue weighted by atomic mass is 19.4. The molecule has 0 amide bonds. The number of halogens is 3. The van der Waals surface area contributed by atoms with Gasteiger partial charge in [-0.15, -0.1) is 0 Å². The summed E-state index contributed by atoms with van der Waals surface area (Å²) in [5.74, 6) is 0. The second-order valence-corrected chi connectivity index (χ2v) is 4.98. The van der Waals surface area contributed by atoms with Gasteiger partial charge in [-0.1, -0.05) is 17.7 Å². The lowest BCUT2D eigenvalue weighted by atomic mass is 9.92. The molecule has 1 atom stereocenters. The van der Waals surface area contributed by atoms with Gasteiger partial charge in [0.2, 0.25) is 0 Å². The fraction of sp³-hybridized carbons (Fsp3) is 0.462. The van der Waals surface area contributed by atoms with Gasteiger partial charge in [0, 0.05) is 5.56 Å². The van der Waals surface area contributed by atoms with E-state index in [0.717, 1.165) is 16.7 Å². The molecule has 1 aliphatic heterocycles. The minimum Gasteiger partial charge on any atom is -0.362 e. The van der Waals surface area contributed by atoms with Crippen LogP contribution in [0.4, 0.5) is 13.2 Å². The number of nitrogens with one attached hydrogen (secondary N) is 1. The molecule has 0 aromatic heterocycles. The van der Waals surface area contributed by atoms with Crippen LogP contribution < -0.4 is 5.43 Å². The summed E-state index contributed by atoms with van der Waals surface area (Å²) in [6.45, 7) is 5.57. The second kappa shape index (κ2) is 4.23. The molecule has 0 spiro atoms. The number of rotatable bonds is 1. The molecule has 0 fully saturated rings. The number of aliphatic hydroxyl groups is 1. The Morgan fingerprint density at radius 1 is 1.21 bits per heavy atom. The molecule has 0 bridgehead atoms. The van der Waals surface area contributed by atoms with Crippen LogP contribution in [-0.4, -0.2) is 22.7 Å². The highest BCUT2D eigenvalue weighted by molar-refractivity contribution is 6.04. The first-order chi connectivity index (χ1) is 8.64. The van der Waals surface area contributed by atoms with Crippen LogP contribution in [0, 0.1) is 20.8 Å². The maximum absolute atomic E-state index is 12.7. The third kappa shape index (κ3) is 2.32. The molecule has 1 aliphatic rings. The molecule has 1 heterocycles. The standard InChI is InChI=1S/C13H15F3N2O/c1-7-4-8(2)11(9(3)5-7)10-6-12(19,18-17-10)13(14,15)16/h4-5,18-19H,6H2,1-3H3. The Bertz CT molecular complexity index is 528. The molecular weight excluding hydrogens is 257 g/mol. The number of benzene rings is 1. The van der Waals surface area contributed by atoms with Crippen LogP contribution in [0.15, 0.2) is 17.2 Å². The largest absolute Gasteiger partial charge is 0.438 e. The van der Waals surface area contributed by atoms with Crippen molar-refractivity contribution >= 4 is 5.71 Å². The average Bonchev–Trinajstić information content (AvgIpc) is 2.59. The zero-order valence-corrected chi connectivity index (χ0v) is 10.9. The van der Waals surface area contributed by atoms with E-state index in [1.54, 1.807) is 0 Å². The second-order valence-electron chi connectivity index (χ2n) is 4.98. The smallest absolute Gasteiger partial charge is 0.362 e. The van der Waals surface area contributed by atoms with Gasteiger partial charge in [-0.2, -0.15) is 18.3 Å². The Morgan fingerprint density at radius 2 is 1.74 bits per heavy atom. The van der Waals surface area contributed by atoms with Crippen LogP contribution in [0.2, 0.25) is 0 Å². The Morgan fingerprint density at radius 3 is 2.16 bits per heavy atom. The maximum atomic E-state index is 12.7. The molecule has 19 heavy (non-hydrogen) atoms. The van der Waals surface area contributed by atoms with E-state index in [1.165, 1.54) is 0 Å². The molecule has 3 nitrogen and oxygen atoms in total. The maximum Gasteiger partial charge on any atom is 0.438 e. The average molecular weight is 272 g/mol. The molecule has 0 saturated carbocycles. The summed E-state index contributed by atoms with van der Waals surface area (Å²) in [6.07, 6.45) is -5.34. The number of hydrogen-bond acceptors (Lipinski definition) is 3. The lowest BCUT2D eigenvalue weighted by Gasteiger charge is -2.24. The predicted molar refractivity (Wildman–Crippen MR) is 65.9 cm³/mol. The molecule has 1 unspecified atom stereocenters. The molecule has 104 valence electrons. The number of hydrazone groups is 1. The fourth-order valence-corrected chi connectivity index (χ4v) is 2.42. The van der Waals surface area contributed by atoms with E-state index in [1.807, 2.05) is 38.3 Å². The number of aryl methyl sites for hydroxylation is 3. The SMILES string of the molecule is Cc1cc(C)c(C2=NNC(O)(C(F)(F)F)C2)c(C)c1. The first kappa shape index (κ1) is 13.9. The predicted octanol–water partition coefficient (Wildman–Crippen LogP) is 2.56. The van der Waals surface area contributed by atoms with Crippen LogP contribution in [0.5, 0.6) is 0 Å². The van der Waals surface area contributed by atoms with E-state index in [-0.39, 0.29) is 5.71 Å². The normalized spacial score (nSPS) is 23.2. The first-order valence-electron chi connectivity index (χ1n) is 5.85. The molecule has 2 rings (SSSR count). The monoisotopic (exact) mass is 272 g/mol. The van der Waals surface area contributed by atoms with Crippen molar-refractivity contribution in [3.63, 3.8) is 0 Å². The van der Waals surface area contributed by atoms with E-state index >= 15 is 0 Å². The van der Waals surface area contributed by atoms with Gasteiger partial charge in [0.05, 0.1) is 12.1 Å². The van der Waals surface area contributed by atoms with Gasteiger partial charge in [-0.25, -0.2) is 0 Å². The lowest BCUT2D eigenvalue weighted by Crippen LogP contribution is -2.52. The van der Waals surface area contributed by atoms with Crippen molar-refractivity contribution < 1.29 is 18.3 Å². The van der Waals surface area contributed by atoms with Crippen molar-refractivity contribution in [3.8, 4) is 0 Å². The Labute approximate surface area is 109 Å². The van der Waals surface area contributed by atoms with Gasteiger partial charge in [0.1, 0.15) is 0 Å². The topological polar surface area (TPSA) is 44.6 Å². The van der Waals surface area contributed by atoms with E-state index in [2.05, 4.69) is 5.10 Å². The molecule has 1 aromatic carbocycles. The summed E-state index contributed by atoms with van der Waals surface area (Å²) in [6, 6.07) is 3.77. The third-order valence-corrected chi connectivity index (χ3v) is 3.23. The van der Waals surface area contributed by atoms with Crippen molar-refractivity contribution in [2.75, 3.05) is 0 Å². The van der Waals surface area contributed by atoms with E-state index < -0.39 is 18.3 Å². The molecule has 2 N–H and O–H groups in total. The Kier molecular flexibility index (Phi) is 3.09. The third-order valence-electron chi connectivity index (χ3n) is 3.23. The molecule has 6 heteroatoms. The van der Waals surface area contributed by atoms with E-state index in [9.17, 15) is 18.3 Å². The van der Waals surface area contributed by atoms with Gasteiger partial charge >= 0.3 is 6.18 Å². The molecule has 0 radical (unpaired) electrons. The number of nitrogens with zero attached hydrogens (tertiary/aromatic N) is 1. The van der Waals surface area contributed by atoms with Crippen LogP contribution in [0.3, 0.4) is 0 Å². The zero-order chi connectivity index (χ0) is 14.4. The number of alkyl halides is 3. The highest BCUT2D eigenvalue weighted by Crippen LogP contribution is 2.35. The molecule has 0 saturated heterocycles. The van der Waals surface area contributed by atoms with Crippen LogP contribution in [-0.2, 0) is 0 Å². The van der Waals surface area contributed by atoms with Gasteiger partial charge in [-0.05, 0) is 31.9 Å². The summed E-state index contributed by atoms with van der Waals surface area (Å²) in [4.78, 5) is 0. The van der Waals surface area contributed by atoms with Gasteiger partial charge in [-0.3, -0.25) is 5.43 Å². The van der Waals surface area contributed by atoms with Crippen LogP contribution in [0.1, 0.15) is 28.7 Å². The van der Waals surface area contributed by atoms with Crippen LogP contribution in [0.25, 0.3) is 0 Å². The van der Waals surface area contributed by atoms with E-state index in [0.29, 0.717) is 5.56 Å². The lowest BCUT2D eigenvalue weighted by molar-refractivity contribution is -0.266. The summed E-state index contributed by atoms with van der Waals surface area (Å²) in [5, 5.41) is 13.2. The van der Waals surface area contributed by atoms with Crippen molar-refractivity contribution in [3.05, 3.63) is 34.4 Å². The summed E-state index contributed by atoms with van der Waals surface area (Å²) >= 11 is 0. The van der Waals surface area contributed by atoms with Gasteiger partial charge in [0.15, 0.2) is 0 Å². The zero-order valence-electron chi connectivity index (χ0n) is 10.9. The Hall–Kier alpha value is -1.56.